The van der Waals surface area contributed by atoms with Gasteiger partial charge in [-0.05, 0) is 17.9 Å². The van der Waals surface area contributed by atoms with E-state index in [1.54, 1.807) is 0 Å². The minimum Gasteiger partial charge on any atom is -0.319 e. The molecular formula is C11H17N3. The summed E-state index contributed by atoms with van der Waals surface area (Å²) in [6, 6.07) is 0.363. The Labute approximate surface area is 84.9 Å². The van der Waals surface area contributed by atoms with E-state index in [1.807, 2.05) is 12.4 Å². The van der Waals surface area contributed by atoms with Crippen LogP contribution in [0.15, 0.2) is 12.4 Å². The Morgan fingerprint density at radius 1 is 1.29 bits per heavy atom. The molecule has 1 unspecified atom stereocenters. The average Bonchev–Trinajstić information content (AvgIpc) is 2.46. The highest BCUT2D eigenvalue weighted by atomic mass is 15.4. The van der Waals surface area contributed by atoms with Gasteiger partial charge in [-0.3, -0.25) is 4.98 Å². The molecule has 3 heteroatoms. The fraction of sp³-hybridized carbons (Fsp3) is 0.545. The summed E-state index contributed by atoms with van der Waals surface area (Å²) in [6.45, 7) is 8.81. The molecule has 0 aliphatic carbocycles. The van der Waals surface area contributed by atoms with Crippen LogP contribution in [0.5, 0.6) is 0 Å². The van der Waals surface area contributed by atoms with E-state index >= 15 is 0 Å². The van der Waals surface area contributed by atoms with Crippen molar-refractivity contribution in [2.75, 3.05) is 5.43 Å². The number of hydrogen-bond donors (Lipinski definition) is 2. The summed E-state index contributed by atoms with van der Waals surface area (Å²) in [5, 5.41) is 0. The molecule has 2 N–H and O–H groups in total. The van der Waals surface area contributed by atoms with Crippen LogP contribution in [-0.4, -0.2) is 4.98 Å². The molecule has 1 atom stereocenters. The number of pyridine rings is 1. The summed E-state index contributed by atoms with van der Waals surface area (Å²) in [4.78, 5) is 4.25. The van der Waals surface area contributed by atoms with Gasteiger partial charge in [0.1, 0.15) is 0 Å². The number of nitrogens with zero attached hydrogens (tertiary/aromatic N) is 1. The summed E-state index contributed by atoms with van der Waals surface area (Å²) < 4.78 is 0. The van der Waals surface area contributed by atoms with E-state index in [1.165, 1.54) is 11.1 Å². The summed E-state index contributed by atoms with van der Waals surface area (Å²) in [5.74, 6) is 0. The zero-order valence-corrected chi connectivity index (χ0v) is 9.18. The van der Waals surface area contributed by atoms with Gasteiger partial charge >= 0.3 is 0 Å². The van der Waals surface area contributed by atoms with E-state index in [9.17, 15) is 0 Å². The van der Waals surface area contributed by atoms with E-state index < -0.39 is 0 Å². The average molecular weight is 191 g/mol. The maximum Gasteiger partial charge on any atom is 0.0723 e. The van der Waals surface area contributed by atoms with Crippen LogP contribution in [0.4, 0.5) is 5.69 Å². The minimum absolute atomic E-state index is 0.153. The number of nitrogens with one attached hydrogen (secondary N) is 2. The molecular weight excluding hydrogens is 174 g/mol. The fourth-order valence-corrected chi connectivity index (χ4v) is 1.89. The van der Waals surface area contributed by atoms with Crippen LogP contribution < -0.4 is 10.9 Å². The number of rotatable bonds is 0. The molecule has 2 rings (SSSR count). The van der Waals surface area contributed by atoms with Crippen molar-refractivity contribution >= 4 is 5.69 Å². The van der Waals surface area contributed by atoms with Crippen molar-refractivity contribution in [3.05, 3.63) is 23.5 Å². The number of aromatic nitrogens is 1. The van der Waals surface area contributed by atoms with Crippen LogP contribution in [0.2, 0.25) is 0 Å². The predicted octanol–water partition coefficient (Wildman–Crippen LogP) is 2.37. The summed E-state index contributed by atoms with van der Waals surface area (Å²) in [6.07, 6.45) is 3.85. The second-order valence-corrected chi connectivity index (χ2v) is 4.89. The van der Waals surface area contributed by atoms with Crippen molar-refractivity contribution in [2.45, 2.75) is 39.2 Å². The number of anilines is 1. The Morgan fingerprint density at radius 3 is 2.64 bits per heavy atom. The molecule has 76 valence electrons. The van der Waals surface area contributed by atoms with E-state index in [0.717, 1.165) is 5.69 Å². The van der Waals surface area contributed by atoms with Crippen molar-refractivity contribution in [3.63, 3.8) is 0 Å². The summed E-state index contributed by atoms with van der Waals surface area (Å²) in [7, 11) is 0. The Hall–Kier alpha value is -1.09. The van der Waals surface area contributed by atoms with Crippen LogP contribution in [0.3, 0.4) is 0 Å². The van der Waals surface area contributed by atoms with Crippen LogP contribution in [0.1, 0.15) is 44.9 Å². The Morgan fingerprint density at radius 2 is 2.00 bits per heavy atom. The first-order valence-corrected chi connectivity index (χ1v) is 5.00. The molecule has 0 saturated heterocycles. The SMILES string of the molecule is CC1NNc2cncc(C(C)(C)C)c21. The molecule has 0 bridgehead atoms. The maximum atomic E-state index is 4.25. The number of hydrogen-bond acceptors (Lipinski definition) is 3. The monoisotopic (exact) mass is 191 g/mol. The lowest BCUT2D eigenvalue weighted by Gasteiger charge is -2.22. The maximum absolute atomic E-state index is 4.25. The third-order valence-electron chi connectivity index (χ3n) is 2.65. The van der Waals surface area contributed by atoms with Gasteiger partial charge in [0.25, 0.3) is 0 Å². The van der Waals surface area contributed by atoms with Gasteiger partial charge in [-0.2, -0.15) is 0 Å². The van der Waals surface area contributed by atoms with Crippen molar-refractivity contribution < 1.29 is 0 Å². The lowest BCUT2D eigenvalue weighted by molar-refractivity contribution is 0.567. The number of fused-ring (bicyclic) bond motifs is 1. The van der Waals surface area contributed by atoms with Crippen LogP contribution in [-0.2, 0) is 5.41 Å². The predicted molar refractivity (Wildman–Crippen MR) is 58.1 cm³/mol. The smallest absolute Gasteiger partial charge is 0.0723 e. The molecule has 1 aliphatic rings. The highest BCUT2D eigenvalue weighted by molar-refractivity contribution is 5.58. The second kappa shape index (κ2) is 2.95. The second-order valence-electron chi connectivity index (χ2n) is 4.89. The van der Waals surface area contributed by atoms with Gasteiger partial charge in [0.2, 0.25) is 0 Å². The van der Waals surface area contributed by atoms with E-state index in [-0.39, 0.29) is 5.41 Å². The van der Waals surface area contributed by atoms with Crippen LogP contribution in [0.25, 0.3) is 0 Å². The third kappa shape index (κ3) is 1.38. The lowest BCUT2D eigenvalue weighted by atomic mass is 9.83. The van der Waals surface area contributed by atoms with Gasteiger partial charge in [0.15, 0.2) is 0 Å². The van der Waals surface area contributed by atoms with Gasteiger partial charge < -0.3 is 5.43 Å². The Bertz CT molecular complexity index is 352. The van der Waals surface area contributed by atoms with Crippen molar-refractivity contribution in [2.24, 2.45) is 0 Å². The van der Waals surface area contributed by atoms with E-state index in [0.29, 0.717) is 6.04 Å². The highest BCUT2D eigenvalue weighted by Gasteiger charge is 2.27. The van der Waals surface area contributed by atoms with Gasteiger partial charge in [-0.15, -0.1) is 0 Å². The van der Waals surface area contributed by atoms with Crippen LogP contribution >= 0.6 is 0 Å². The molecule has 0 aromatic carbocycles. The van der Waals surface area contributed by atoms with Crippen molar-refractivity contribution in [1.82, 2.24) is 10.4 Å². The number of hydrazine groups is 1. The molecule has 14 heavy (non-hydrogen) atoms. The first-order valence-electron chi connectivity index (χ1n) is 5.00. The zero-order valence-electron chi connectivity index (χ0n) is 9.18. The third-order valence-corrected chi connectivity index (χ3v) is 2.65. The zero-order chi connectivity index (χ0) is 10.3. The van der Waals surface area contributed by atoms with Gasteiger partial charge in [-0.1, -0.05) is 20.8 Å². The van der Waals surface area contributed by atoms with Gasteiger partial charge in [-0.25, -0.2) is 5.43 Å². The first-order chi connectivity index (χ1) is 6.50. The fourth-order valence-electron chi connectivity index (χ4n) is 1.89. The Kier molecular flexibility index (Phi) is 2.00. The van der Waals surface area contributed by atoms with E-state index in [2.05, 4.69) is 43.5 Å². The summed E-state index contributed by atoms with van der Waals surface area (Å²) in [5.41, 5.74) is 10.3. The molecule has 2 heterocycles. The lowest BCUT2D eigenvalue weighted by Crippen LogP contribution is -2.18. The molecule has 0 amide bonds. The largest absolute Gasteiger partial charge is 0.319 e. The molecule has 0 radical (unpaired) electrons. The molecule has 0 fully saturated rings. The van der Waals surface area contributed by atoms with Crippen LogP contribution in [0, 0.1) is 0 Å². The molecule has 1 aromatic rings. The van der Waals surface area contributed by atoms with Gasteiger partial charge in [0, 0.05) is 11.8 Å². The minimum atomic E-state index is 0.153. The van der Waals surface area contributed by atoms with Crippen molar-refractivity contribution in [1.29, 1.82) is 0 Å². The Balaban J connectivity index is 2.58. The standard InChI is InChI=1S/C11H17N3/c1-7-10-8(11(2,3)4)5-12-6-9(10)14-13-7/h5-7,13-14H,1-4H3. The van der Waals surface area contributed by atoms with Crippen molar-refractivity contribution in [3.8, 4) is 0 Å². The first kappa shape index (κ1) is 9.46. The quantitative estimate of drug-likeness (QED) is 0.661. The van der Waals surface area contributed by atoms with E-state index in [4.69, 9.17) is 0 Å². The summed E-state index contributed by atoms with van der Waals surface area (Å²) >= 11 is 0. The normalized spacial score (nSPS) is 20.4. The molecule has 3 nitrogen and oxygen atoms in total. The van der Waals surface area contributed by atoms with Gasteiger partial charge in [0.05, 0.1) is 17.9 Å². The molecule has 1 aliphatic heterocycles. The topological polar surface area (TPSA) is 37.0 Å². The molecule has 0 saturated carbocycles. The molecule has 0 spiro atoms. The molecule has 1 aromatic heterocycles. The highest BCUT2D eigenvalue weighted by Crippen LogP contribution is 2.36.